The predicted octanol–water partition coefficient (Wildman–Crippen LogP) is 3.59. The summed E-state index contributed by atoms with van der Waals surface area (Å²) in [6, 6.07) is 11.0. The van der Waals surface area contributed by atoms with E-state index in [2.05, 4.69) is 30.8 Å². The maximum atomic E-state index is 14.0. The van der Waals surface area contributed by atoms with E-state index in [1.165, 1.54) is 0 Å². The lowest BCUT2D eigenvalue weighted by molar-refractivity contribution is -0.155. The van der Waals surface area contributed by atoms with Gasteiger partial charge >= 0.3 is 28.9 Å². The summed E-state index contributed by atoms with van der Waals surface area (Å²) in [5.74, 6) is -3.20. The first-order valence-corrected chi connectivity index (χ1v) is 16.3. The van der Waals surface area contributed by atoms with Crippen LogP contribution in [0.3, 0.4) is 0 Å². The molecule has 3 amide bonds. The number of β-lactam (4-membered cyclic amide) rings is 1. The lowest BCUT2D eigenvalue weighted by Gasteiger charge is -2.50. The minimum atomic E-state index is -4.93. The Morgan fingerprint density at radius 1 is 1.15 bits per heavy atom. The van der Waals surface area contributed by atoms with Gasteiger partial charge < -0.3 is 20.7 Å². The Bertz CT molecular complexity index is 1950. The van der Waals surface area contributed by atoms with Gasteiger partial charge in [-0.2, -0.15) is 13.2 Å². The molecule has 48 heavy (non-hydrogen) atoms. The highest BCUT2D eigenvalue weighted by atomic mass is 32.2. The average Bonchev–Trinajstić information content (AvgIpc) is 3.69. The Hall–Kier alpha value is -4.91. The van der Waals surface area contributed by atoms with Crippen LogP contribution in [0.4, 0.5) is 18.0 Å². The van der Waals surface area contributed by atoms with Crippen molar-refractivity contribution in [1.29, 1.82) is 0 Å². The molecule has 1 fully saturated rings. The number of hydrogen-bond donors (Lipinski definition) is 4. The van der Waals surface area contributed by atoms with Crippen LogP contribution < -0.4 is 16.3 Å². The zero-order chi connectivity index (χ0) is 34.4. The van der Waals surface area contributed by atoms with Gasteiger partial charge in [0.15, 0.2) is 0 Å². The second-order valence-corrected chi connectivity index (χ2v) is 13.2. The van der Waals surface area contributed by atoms with E-state index in [4.69, 9.17) is 0 Å². The largest absolute Gasteiger partial charge is 0.477 e. The maximum Gasteiger partial charge on any atom is 0.446 e. The molecule has 3 aliphatic heterocycles. The molecule has 4 unspecified atom stereocenters. The zero-order valence-corrected chi connectivity index (χ0v) is 26.3. The van der Waals surface area contributed by atoms with Crippen molar-refractivity contribution in [3.05, 3.63) is 81.9 Å². The van der Waals surface area contributed by atoms with Gasteiger partial charge in [0.1, 0.15) is 29.5 Å². The number of rotatable bonds is 9. The number of alkyl halides is 3. The number of aromatic amines is 1. The van der Waals surface area contributed by atoms with Crippen molar-refractivity contribution >= 4 is 64.7 Å². The first-order chi connectivity index (χ1) is 22.9. The summed E-state index contributed by atoms with van der Waals surface area (Å²) < 4.78 is 42.8. The molecule has 1 saturated heterocycles. The number of nitrogens with one attached hydrogen (secondary N) is 3. The van der Waals surface area contributed by atoms with E-state index >= 15 is 0 Å². The quantitative estimate of drug-likeness (QED) is 0.243. The molecule has 250 valence electrons. The number of nitrogens with zero attached hydrogens (tertiary/aromatic N) is 5. The van der Waals surface area contributed by atoms with Gasteiger partial charge in [-0.05, 0) is 29.7 Å². The van der Waals surface area contributed by atoms with Gasteiger partial charge in [0.05, 0.1) is 11.0 Å². The van der Waals surface area contributed by atoms with Crippen LogP contribution in [0.5, 0.6) is 0 Å². The molecule has 3 aliphatic rings. The van der Waals surface area contributed by atoms with E-state index in [9.17, 15) is 42.3 Å². The van der Waals surface area contributed by atoms with Gasteiger partial charge in [-0.3, -0.25) is 14.5 Å². The molecule has 5 atom stereocenters. The fraction of sp³-hybridized carbons (Fsp3) is 0.310. The molecule has 6 rings (SSSR count). The number of carboxylic acids is 1. The Morgan fingerprint density at radius 3 is 2.50 bits per heavy atom. The number of carboxylic acid groups (broad SMARTS) is 1. The first-order valence-electron chi connectivity index (χ1n) is 14.3. The van der Waals surface area contributed by atoms with Crippen LogP contribution >= 0.6 is 23.5 Å². The van der Waals surface area contributed by atoms with Crippen molar-refractivity contribution in [2.45, 2.75) is 47.2 Å². The van der Waals surface area contributed by atoms with Crippen LogP contribution in [-0.2, 0) is 14.4 Å². The monoisotopic (exact) mass is 702 g/mol. The Morgan fingerprint density at radius 2 is 1.85 bits per heavy atom. The molecule has 4 heterocycles. The molecule has 14 nitrogen and oxygen atoms in total. The number of thioether (sulfide) groups is 2. The van der Waals surface area contributed by atoms with E-state index < -0.39 is 69.1 Å². The summed E-state index contributed by atoms with van der Waals surface area (Å²) in [6.45, 7) is 1.57. The van der Waals surface area contributed by atoms with E-state index in [1.807, 2.05) is 0 Å². The summed E-state index contributed by atoms with van der Waals surface area (Å²) in [6.07, 6.45) is -4.18. The number of azo groups is 1. The van der Waals surface area contributed by atoms with Crippen molar-refractivity contribution in [3.63, 3.8) is 0 Å². The number of imidazole rings is 1. The van der Waals surface area contributed by atoms with Gasteiger partial charge in [-0.1, -0.05) is 61.2 Å². The highest BCUT2D eigenvalue weighted by molar-refractivity contribution is 8.02. The molecule has 0 bridgehead atoms. The Kier molecular flexibility index (Phi) is 8.67. The van der Waals surface area contributed by atoms with Gasteiger partial charge in [-0.15, -0.1) is 22.0 Å². The van der Waals surface area contributed by atoms with Crippen LogP contribution in [-0.4, -0.2) is 83.3 Å². The second kappa shape index (κ2) is 12.6. The predicted molar refractivity (Wildman–Crippen MR) is 169 cm³/mol. The van der Waals surface area contributed by atoms with Crippen molar-refractivity contribution in [3.8, 4) is 0 Å². The van der Waals surface area contributed by atoms with E-state index in [0.29, 0.717) is 17.4 Å². The average molecular weight is 703 g/mol. The Labute approximate surface area is 276 Å². The number of hydrogen-bond acceptors (Lipinski definition) is 10. The number of halogens is 3. The molecule has 0 aliphatic carbocycles. The van der Waals surface area contributed by atoms with Gasteiger partial charge in [0, 0.05) is 11.0 Å². The van der Waals surface area contributed by atoms with Crippen LogP contribution in [0.2, 0.25) is 0 Å². The third-order valence-electron chi connectivity index (χ3n) is 7.87. The molecule has 0 radical (unpaired) electrons. The molecule has 3 aromatic rings. The molecular weight excluding hydrogens is 677 g/mol. The first kappa shape index (κ1) is 33.0. The van der Waals surface area contributed by atoms with Crippen molar-refractivity contribution in [1.82, 2.24) is 25.1 Å². The molecule has 1 aromatic heterocycles. The second-order valence-electron chi connectivity index (χ2n) is 10.7. The van der Waals surface area contributed by atoms with Crippen LogP contribution in [0, 0.1) is 0 Å². The van der Waals surface area contributed by atoms with E-state index in [0.717, 1.165) is 21.2 Å². The van der Waals surface area contributed by atoms with Crippen molar-refractivity contribution < 1.29 is 37.5 Å². The van der Waals surface area contributed by atoms with Crippen LogP contribution in [0.25, 0.3) is 11.0 Å². The molecular formula is C29H25F3N8O6S2. The molecule has 2 aromatic carbocycles. The number of aliphatic carboxylic acids is 1. The lowest BCUT2D eigenvalue weighted by Crippen LogP contribution is -2.71. The van der Waals surface area contributed by atoms with E-state index in [1.54, 1.807) is 61.5 Å². The van der Waals surface area contributed by atoms with Crippen LogP contribution in [0.15, 0.2) is 85.9 Å². The fourth-order valence-electron chi connectivity index (χ4n) is 5.60. The molecule has 19 heteroatoms. The maximum absolute atomic E-state index is 14.0. The topological polar surface area (TPSA) is 191 Å². The Balaban J connectivity index is 1.24. The van der Waals surface area contributed by atoms with Gasteiger partial charge in [0.2, 0.25) is 5.91 Å². The third-order valence-corrected chi connectivity index (χ3v) is 10.8. The summed E-state index contributed by atoms with van der Waals surface area (Å²) in [4.78, 5) is 69.6. The number of fused-ring (bicyclic) bond motifs is 2. The number of benzene rings is 2. The number of H-pyrrole nitrogens is 1. The molecule has 4 N–H and O–H groups in total. The molecule has 0 saturated carbocycles. The van der Waals surface area contributed by atoms with Crippen molar-refractivity contribution in [2.24, 2.45) is 15.2 Å². The summed E-state index contributed by atoms with van der Waals surface area (Å²) in [7, 11) is 0. The zero-order valence-electron chi connectivity index (χ0n) is 24.7. The summed E-state index contributed by atoms with van der Waals surface area (Å²) in [5.41, 5.74) is -0.136. The highest BCUT2D eigenvalue weighted by Gasteiger charge is 2.61. The minimum Gasteiger partial charge on any atom is -0.477 e. The number of carbonyl (C=O) groups excluding carboxylic acids is 3. The number of carbonyl (C=O) groups is 4. The number of para-hydroxylation sites is 2. The van der Waals surface area contributed by atoms with E-state index in [-0.39, 0.29) is 35.0 Å². The standard InChI is InChI=1S/C29H25F3N8O6S2/c1-2-18(48-29(28(30,31)32)33-13-34-38-29)15-12-47-24-20(23(42)40(24)21(15)25(43)44)36-22(41)19(14-8-4-3-5-9-14)37-27(46)39-17-11-7-6-10-16(17)35-26(39)45/h3-11,13,18-20,24H,2,12H2,1H3,(H,35,45)(H,36,41)(H,37,46)(H,43,44)/t18?,19?,20?,24-,29?/m0/s1. The third kappa shape index (κ3) is 5.65. The fourth-order valence-corrected chi connectivity index (χ4v) is 8.37. The minimum absolute atomic E-state index is 0.0606. The van der Waals surface area contributed by atoms with Crippen molar-refractivity contribution in [2.75, 3.05) is 5.75 Å². The van der Waals surface area contributed by atoms with Gasteiger partial charge in [0.25, 0.3) is 5.91 Å². The smallest absolute Gasteiger partial charge is 0.446 e. The SMILES string of the molecule is CCC(SC1(C(F)(F)F)N=CN=N1)C1=C(C(=O)O)N2C(=O)C(NC(=O)C(NC(=O)n3c(=O)[nH]c4ccccc43)c3ccccc3)[C@@H]2SC1. The van der Waals surface area contributed by atoms with Crippen LogP contribution in [0.1, 0.15) is 24.9 Å². The number of amides is 3. The summed E-state index contributed by atoms with van der Waals surface area (Å²) >= 11 is 1.36. The molecule has 0 spiro atoms. The highest BCUT2D eigenvalue weighted by Crippen LogP contribution is 2.51. The normalized spacial score (nSPS) is 23.1. The number of aromatic nitrogens is 2. The van der Waals surface area contributed by atoms with Gasteiger partial charge in [-0.25, -0.2) is 23.9 Å². The summed E-state index contributed by atoms with van der Waals surface area (Å²) in [5, 5.41) is 19.9. The lowest BCUT2D eigenvalue weighted by atomic mass is 9.99. The number of aliphatic imine (C=N–C) groups is 1.